The van der Waals surface area contributed by atoms with Gasteiger partial charge in [0.05, 0.1) is 43.4 Å². The number of methoxy groups -OCH3 is 1. The summed E-state index contributed by atoms with van der Waals surface area (Å²) < 4.78 is 46.1. The molecule has 0 fully saturated rings. The highest BCUT2D eigenvalue weighted by Gasteiger charge is 2.29. The minimum Gasteiger partial charge on any atom is -0.481 e. The van der Waals surface area contributed by atoms with Gasteiger partial charge in [-0.3, -0.25) is 4.79 Å². The van der Waals surface area contributed by atoms with E-state index in [-0.39, 0.29) is 35.5 Å². The molecule has 3 rings (SSSR count). The Bertz CT molecular complexity index is 1480. The minimum atomic E-state index is -4.02. The van der Waals surface area contributed by atoms with Crippen LogP contribution in [0.15, 0.2) is 48.7 Å². The largest absolute Gasteiger partial charge is 0.481 e. The number of carboxylic acid groups (broad SMARTS) is 1. The average Bonchev–Trinajstić information content (AvgIpc) is 2.87. The quantitative estimate of drug-likeness (QED) is 0.292. The lowest BCUT2D eigenvalue weighted by Gasteiger charge is -2.24. The molecule has 0 amide bonds. The van der Waals surface area contributed by atoms with Crippen molar-refractivity contribution >= 4 is 33.7 Å². The molecule has 0 unspecified atom stereocenters. The monoisotopic (exact) mass is 574 g/mol. The first-order chi connectivity index (χ1) is 18.8. The second-order valence-electron chi connectivity index (χ2n) is 9.31. The number of carboxylic acids is 1. The van der Waals surface area contributed by atoms with Gasteiger partial charge in [-0.15, -0.1) is 0 Å². The lowest BCUT2D eigenvalue weighted by molar-refractivity contribution is -0.139. The summed E-state index contributed by atoms with van der Waals surface area (Å²) in [5.41, 5.74) is 1.61. The van der Waals surface area contributed by atoms with Crippen molar-refractivity contribution in [2.75, 3.05) is 17.7 Å². The molecule has 11 nitrogen and oxygen atoms in total. The average molecular weight is 575 g/mol. The fourth-order valence-electron chi connectivity index (χ4n) is 3.98. The van der Waals surface area contributed by atoms with Crippen LogP contribution in [0.4, 0.5) is 16.0 Å². The second-order valence-corrected chi connectivity index (χ2v) is 11.1. The number of aliphatic hydroxyl groups excluding tert-OH is 2. The van der Waals surface area contributed by atoms with Gasteiger partial charge in [0.2, 0.25) is 21.9 Å². The highest BCUT2D eigenvalue weighted by molar-refractivity contribution is 7.92. The summed E-state index contributed by atoms with van der Waals surface area (Å²) in [5, 5.41) is 29.2. The number of rotatable bonds is 12. The van der Waals surface area contributed by atoms with Crippen molar-refractivity contribution in [2.45, 2.75) is 44.8 Å². The third kappa shape index (κ3) is 7.58. The van der Waals surface area contributed by atoms with Crippen molar-refractivity contribution in [3.05, 3.63) is 65.7 Å². The van der Waals surface area contributed by atoms with Crippen LogP contribution in [0, 0.1) is 5.82 Å². The fraction of sp³-hybridized carbons (Fsp3) is 0.333. The maximum Gasteiger partial charge on any atom is 0.305 e. The molecule has 0 radical (unpaired) electrons. The topological polar surface area (TPSA) is 163 Å². The Hall–Kier alpha value is -3.94. The molecule has 2 atom stereocenters. The Morgan fingerprint density at radius 3 is 2.40 bits per heavy atom. The number of hydrogen-bond donors (Lipinski definition) is 3. The van der Waals surface area contributed by atoms with E-state index in [1.165, 1.54) is 61.9 Å². The molecular weight excluding hydrogens is 543 g/mol. The predicted molar refractivity (Wildman–Crippen MR) is 147 cm³/mol. The molecule has 0 saturated carbocycles. The lowest BCUT2D eigenvalue weighted by atomic mass is 9.97. The first kappa shape index (κ1) is 30.6. The smallest absolute Gasteiger partial charge is 0.305 e. The van der Waals surface area contributed by atoms with Crippen LogP contribution in [0.5, 0.6) is 5.88 Å². The number of pyridine rings is 1. The highest BCUT2D eigenvalue weighted by atomic mass is 32.2. The molecule has 214 valence electrons. The molecule has 3 N–H and O–H groups in total. The molecule has 0 bridgehead atoms. The predicted octanol–water partition coefficient (Wildman–Crippen LogP) is 3.51. The molecule has 0 aliphatic carbocycles. The van der Waals surface area contributed by atoms with Gasteiger partial charge in [0.15, 0.2) is 0 Å². The molecule has 0 aliphatic rings. The zero-order chi connectivity index (χ0) is 29.6. The van der Waals surface area contributed by atoms with Gasteiger partial charge in [0, 0.05) is 23.7 Å². The van der Waals surface area contributed by atoms with E-state index in [0.29, 0.717) is 16.8 Å². The van der Waals surface area contributed by atoms with Crippen molar-refractivity contribution in [1.82, 2.24) is 15.0 Å². The Balaban J connectivity index is 2.26. The van der Waals surface area contributed by atoms with Gasteiger partial charge in [-0.1, -0.05) is 26.0 Å². The zero-order valence-electron chi connectivity index (χ0n) is 22.4. The van der Waals surface area contributed by atoms with E-state index in [1.807, 2.05) is 13.8 Å². The van der Waals surface area contributed by atoms with Gasteiger partial charge in [-0.25, -0.2) is 27.8 Å². The van der Waals surface area contributed by atoms with E-state index < -0.39 is 40.4 Å². The van der Waals surface area contributed by atoms with Gasteiger partial charge in [-0.2, -0.15) is 4.31 Å². The van der Waals surface area contributed by atoms with E-state index in [0.717, 1.165) is 10.6 Å². The highest BCUT2D eigenvalue weighted by Crippen LogP contribution is 2.37. The molecule has 40 heavy (non-hydrogen) atoms. The number of benzene rings is 1. The van der Waals surface area contributed by atoms with E-state index in [2.05, 4.69) is 15.0 Å². The Kier molecular flexibility index (Phi) is 9.90. The number of sulfonamides is 1. The van der Waals surface area contributed by atoms with Crippen molar-refractivity contribution in [3.8, 4) is 17.1 Å². The van der Waals surface area contributed by atoms with Gasteiger partial charge in [0.1, 0.15) is 11.5 Å². The van der Waals surface area contributed by atoms with E-state index in [9.17, 15) is 27.8 Å². The summed E-state index contributed by atoms with van der Waals surface area (Å²) >= 11 is 0. The normalized spacial score (nSPS) is 13.4. The number of halogens is 1. The molecular formula is C27H31FN4O7S. The Morgan fingerprint density at radius 2 is 1.82 bits per heavy atom. The third-order valence-electron chi connectivity index (χ3n) is 5.71. The van der Waals surface area contributed by atoms with Crippen LogP contribution in [0.2, 0.25) is 0 Å². The van der Waals surface area contributed by atoms with E-state index >= 15 is 0 Å². The number of ether oxygens (including phenoxy) is 1. The Morgan fingerprint density at radius 1 is 1.15 bits per heavy atom. The van der Waals surface area contributed by atoms with Crippen LogP contribution in [0.25, 0.3) is 17.3 Å². The summed E-state index contributed by atoms with van der Waals surface area (Å²) in [4.78, 5) is 24.1. The van der Waals surface area contributed by atoms with Crippen LogP contribution in [-0.4, -0.2) is 70.2 Å². The molecule has 2 heterocycles. The van der Waals surface area contributed by atoms with Crippen LogP contribution in [0.1, 0.15) is 43.9 Å². The number of aromatic nitrogens is 3. The van der Waals surface area contributed by atoms with Crippen LogP contribution >= 0.6 is 0 Å². The maximum absolute atomic E-state index is 13.8. The molecule has 1 aromatic carbocycles. The van der Waals surface area contributed by atoms with Crippen LogP contribution in [0.3, 0.4) is 0 Å². The first-order valence-electron chi connectivity index (χ1n) is 12.2. The summed E-state index contributed by atoms with van der Waals surface area (Å²) in [5.74, 6) is -2.13. The summed E-state index contributed by atoms with van der Waals surface area (Å²) in [7, 11) is -2.67. The molecule has 0 aliphatic heterocycles. The number of aliphatic hydroxyl groups is 2. The third-order valence-corrected chi connectivity index (χ3v) is 6.74. The van der Waals surface area contributed by atoms with Crippen molar-refractivity contribution in [3.63, 3.8) is 0 Å². The number of aliphatic carboxylic acids is 1. The summed E-state index contributed by atoms with van der Waals surface area (Å²) in [6.45, 7) is 3.67. The second kappa shape index (κ2) is 12.9. The number of anilines is 2. The number of hydrogen-bond acceptors (Lipinski definition) is 9. The van der Waals surface area contributed by atoms with Gasteiger partial charge in [-0.05, 0) is 42.3 Å². The standard InChI is InChI=1S/C27H31FN4O7S/c1-16(2)24-21(12-11-19(33)14-20(34)15-23(35)36)25(17-7-9-18(28)10-8-17)31-27(30-24)32(40(4,37)38)22-6-5-13-29-26(22)39-3/h5-13,16,19-20,33-34H,14-15H2,1-4H3,(H,35,36)/t19-,20-/m1/s1. The number of nitrogens with zero attached hydrogens (tertiary/aromatic N) is 4. The molecule has 0 spiro atoms. The Labute approximate surface area is 231 Å². The SMILES string of the molecule is COc1ncccc1N(c1nc(-c2ccc(F)cc2)c(C=C[C@@H](O)C[C@@H](O)CC(=O)O)c(C(C)C)n1)S(C)(=O)=O. The van der Waals surface area contributed by atoms with Crippen molar-refractivity contribution < 1.29 is 37.7 Å². The van der Waals surface area contributed by atoms with Crippen molar-refractivity contribution in [2.24, 2.45) is 0 Å². The van der Waals surface area contributed by atoms with Crippen LogP contribution in [-0.2, 0) is 14.8 Å². The minimum absolute atomic E-state index is 0.0259. The summed E-state index contributed by atoms with van der Waals surface area (Å²) in [6, 6.07) is 8.45. The number of carbonyl (C=O) groups is 1. The first-order valence-corrected chi connectivity index (χ1v) is 14.1. The van der Waals surface area contributed by atoms with Gasteiger partial charge < -0.3 is 20.1 Å². The zero-order valence-corrected chi connectivity index (χ0v) is 23.2. The fourth-order valence-corrected chi connectivity index (χ4v) is 4.85. The molecule has 0 saturated heterocycles. The lowest BCUT2D eigenvalue weighted by Crippen LogP contribution is -2.28. The maximum atomic E-state index is 13.8. The van der Waals surface area contributed by atoms with Gasteiger partial charge >= 0.3 is 5.97 Å². The molecule has 3 aromatic rings. The van der Waals surface area contributed by atoms with Crippen molar-refractivity contribution in [1.29, 1.82) is 0 Å². The summed E-state index contributed by atoms with van der Waals surface area (Å²) in [6.07, 6.45) is 2.08. The van der Waals surface area contributed by atoms with Gasteiger partial charge in [0.25, 0.3) is 0 Å². The molecule has 2 aromatic heterocycles. The van der Waals surface area contributed by atoms with Crippen LogP contribution < -0.4 is 9.04 Å². The molecule has 13 heteroatoms. The van der Waals surface area contributed by atoms with E-state index in [1.54, 1.807) is 0 Å². The van der Waals surface area contributed by atoms with E-state index in [4.69, 9.17) is 9.84 Å².